The highest BCUT2D eigenvalue weighted by molar-refractivity contribution is 5.03. The number of nitrogens with zero attached hydrogens (tertiary/aromatic N) is 2. The van der Waals surface area contributed by atoms with Crippen LogP contribution >= 0.6 is 0 Å². The zero-order valence-electron chi connectivity index (χ0n) is 9.77. The van der Waals surface area contributed by atoms with Crippen molar-refractivity contribution in [3.8, 4) is 0 Å². The Morgan fingerprint density at radius 1 is 1.50 bits per heavy atom. The molecule has 1 aliphatic heterocycles. The van der Waals surface area contributed by atoms with E-state index in [4.69, 9.17) is 10.5 Å². The molecule has 0 radical (unpaired) electrons. The van der Waals surface area contributed by atoms with Crippen molar-refractivity contribution in [2.45, 2.75) is 44.8 Å². The number of aryl methyl sites for hydroxylation is 1. The second-order valence-electron chi connectivity index (χ2n) is 4.45. The molecule has 4 nitrogen and oxygen atoms in total. The van der Waals surface area contributed by atoms with Gasteiger partial charge in [-0.05, 0) is 44.2 Å². The van der Waals surface area contributed by atoms with Gasteiger partial charge in [0.15, 0.2) is 0 Å². The molecule has 0 amide bonds. The molecule has 1 aromatic heterocycles. The summed E-state index contributed by atoms with van der Waals surface area (Å²) in [5.41, 5.74) is 6.76. The highest BCUT2D eigenvalue weighted by Gasteiger charge is 2.14. The van der Waals surface area contributed by atoms with Crippen molar-refractivity contribution in [3.05, 3.63) is 18.0 Å². The Kier molecular flexibility index (Phi) is 4.36. The normalized spacial score (nSPS) is 21.2. The van der Waals surface area contributed by atoms with Crippen LogP contribution in [-0.2, 0) is 17.7 Å². The van der Waals surface area contributed by atoms with Gasteiger partial charge in [-0.1, -0.05) is 0 Å². The van der Waals surface area contributed by atoms with Crippen molar-refractivity contribution in [1.29, 1.82) is 0 Å². The summed E-state index contributed by atoms with van der Waals surface area (Å²) < 4.78 is 7.69. The fourth-order valence-electron chi connectivity index (χ4n) is 2.10. The molecule has 1 unspecified atom stereocenters. The number of hydrogen-bond donors (Lipinski definition) is 1. The molecule has 0 saturated carbocycles. The minimum atomic E-state index is 0.357. The van der Waals surface area contributed by atoms with E-state index in [-0.39, 0.29) is 0 Å². The minimum absolute atomic E-state index is 0.357. The van der Waals surface area contributed by atoms with Crippen molar-refractivity contribution >= 4 is 0 Å². The van der Waals surface area contributed by atoms with Gasteiger partial charge in [0.2, 0.25) is 0 Å². The molecule has 1 aromatic rings. The summed E-state index contributed by atoms with van der Waals surface area (Å²) in [5, 5.41) is 4.36. The van der Waals surface area contributed by atoms with Crippen molar-refractivity contribution in [1.82, 2.24) is 9.78 Å². The third-order valence-corrected chi connectivity index (χ3v) is 3.02. The molecule has 0 aliphatic carbocycles. The van der Waals surface area contributed by atoms with Crippen LogP contribution in [0.2, 0.25) is 0 Å². The Bertz CT molecular complexity index is 305. The van der Waals surface area contributed by atoms with Crippen LogP contribution in [0.15, 0.2) is 12.4 Å². The van der Waals surface area contributed by atoms with E-state index in [1.165, 1.54) is 18.4 Å². The summed E-state index contributed by atoms with van der Waals surface area (Å²) in [4.78, 5) is 0. The molecular weight excluding hydrogens is 202 g/mol. The summed E-state index contributed by atoms with van der Waals surface area (Å²) in [7, 11) is 0. The van der Waals surface area contributed by atoms with Gasteiger partial charge in [0.25, 0.3) is 0 Å². The van der Waals surface area contributed by atoms with Crippen molar-refractivity contribution in [2.24, 2.45) is 5.73 Å². The third-order valence-electron chi connectivity index (χ3n) is 3.02. The summed E-state index contributed by atoms with van der Waals surface area (Å²) in [6, 6.07) is 0. The first kappa shape index (κ1) is 11.6. The summed E-state index contributed by atoms with van der Waals surface area (Å²) >= 11 is 0. The second kappa shape index (κ2) is 6.01. The zero-order chi connectivity index (χ0) is 11.2. The Hall–Kier alpha value is -0.870. The second-order valence-corrected chi connectivity index (χ2v) is 4.45. The zero-order valence-corrected chi connectivity index (χ0v) is 9.77. The van der Waals surface area contributed by atoms with Crippen molar-refractivity contribution < 1.29 is 4.74 Å². The predicted molar refractivity (Wildman–Crippen MR) is 63.2 cm³/mol. The van der Waals surface area contributed by atoms with Crippen molar-refractivity contribution in [3.63, 3.8) is 0 Å². The molecule has 0 bridgehead atoms. The molecule has 1 atom stereocenters. The fraction of sp³-hybridized carbons (Fsp3) is 0.750. The molecule has 0 spiro atoms. The predicted octanol–water partition coefficient (Wildman–Crippen LogP) is 1.34. The Morgan fingerprint density at radius 2 is 2.44 bits per heavy atom. The van der Waals surface area contributed by atoms with Gasteiger partial charge in [-0.15, -0.1) is 0 Å². The van der Waals surface area contributed by atoms with Gasteiger partial charge in [0, 0.05) is 12.8 Å². The number of rotatable bonds is 5. The lowest BCUT2D eigenvalue weighted by molar-refractivity contribution is 0.00398. The number of hydrogen-bond acceptors (Lipinski definition) is 3. The van der Waals surface area contributed by atoms with Gasteiger partial charge in [0.05, 0.1) is 18.8 Å². The van der Waals surface area contributed by atoms with Gasteiger partial charge in [0.1, 0.15) is 0 Å². The lowest BCUT2D eigenvalue weighted by atomic mass is 10.1. The number of nitrogens with two attached hydrogens (primary N) is 1. The standard InChI is InChI=1S/C12H21N3O/c13-6-3-4-11-8-14-15(9-11)10-12-5-1-2-7-16-12/h8-9,12H,1-7,10,13H2. The fourth-order valence-corrected chi connectivity index (χ4v) is 2.10. The van der Waals surface area contributed by atoms with E-state index in [0.29, 0.717) is 6.10 Å². The van der Waals surface area contributed by atoms with Crippen molar-refractivity contribution in [2.75, 3.05) is 13.2 Å². The molecule has 2 rings (SSSR count). The number of aromatic nitrogens is 2. The first-order chi connectivity index (χ1) is 7.88. The van der Waals surface area contributed by atoms with Gasteiger partial charge in [-0.25, -0.2) is 0 Å². The van der Waals surface area contributed by atoms with E-state index in [2.05, 4.69) is 11.3 Å². The Morgan fingerprint density at radius 3 is 3.19 bits per heavy atom. The topological polar surface area (TPSA) is 53.1 Å². The van der Waals surface area contributed by atoms with Crippen LogP contribution in [0.4, 0.5) is 0 Å². The SMILES string of the molecule is NCCCc1cnn(CC2CCCCO2)c1. The molecule has 4 heteroatoms. The highest BCUT2D eigenvalue weighted by atomic mass is 16.5. The van der Waals surface area contributed by atoms with E-state index < -0.39 is 0 Å². The van der Waals surface area contributed by atoms with Crippen LogP contribution in [0, 0.1) is 0 Å². The molecule has 1 saturated heterocycles. The van der Waals surface area contributed by atoms with Gasteiger partial charge >= 0.3 is 0 Å². The smallest absolute Gasteiger partial charge is 0.0770 e. The van der Waals surface area contributed by atoms with Gasteiger partial charge in [-0.2, -0.15) is 5.10 Å². The monoisotopic (exact) mass is 223 g/mol. The molecule has 2 heterocycles. The lowest BCUT2D eigenvalue weighted by Crippen LogP contribution is -2.24. The quantitative estimate of drug-likeness (QED) is 0.819. The first-order valence-corrected chi connectivity index (χ1v) is 6.21. The van der Waals surface area contributed by atoms with Gasteiger partial charge in [-0.3, -0.25) is 4.68 Å². The van der Waals surface area contributed by atoms with E-state index in [9.17, 15) is 0 Å². The van der Waals surface area contributed by atoms with Crippen LogP contribution in [-0.4, -0.2) is 29.0 Å². The van der Waals surface area contributed by atoms with E-state index >= 15 is 0 Å². The molecule has 1 fully saturated rings. The van der Waals surface area contributed by atoms with E-state index in [1.807, 2.05) is 10.9 Å². The van der Waals surface area contributed by atoms with Crippen LogP contribution in [0.1, 0.15) is 31.2 Å². The summed E-state index contributed by atoms with van der Waals surface area (Å²) in [6.45, 7) is 2.55. The van der Waals surface area contributed by atoms with Crippen LogP contribution < -0.4 is 5.73 Å². The van der Waals surface area contributed by atoms with Gasteiger partial charge < -0.3 is 10.5 Å². The highest BCUT2D eigenvalue weighted by Crippen LogP contribution is 2.14. The average molecular weight is 223 g/mol. The Balaban J connectivity index is 1.81. The third kappa shape index (κ3) is 3.32. The van der Waals surface area contributed by atoms with Crippen LogP contribution in [0.5, 0.6) is 0 Å². The maximum atomic E-state index is 5.69. The molecule has 0 aromatic carbocycles. The lowest BCUT2D eigenvalue weighted by Gasteiger charge is -2.22. The minimum Gasteiger partial charge on any atom is -0.376 e. The molecule has 2 N–H and O–H groups in total. The average Bonchev–Trinajstić information content (AvgIpc) is 2.75. The number of ether oxygens (including phenoxy) is 1. The summed E-state index contributed by atoms with van der Waals surface area (Å²) in [6.07, 6.45) is 10.1. The molecule has 90 valence electrons. The van der Waals surface area contributed by atoms with E-state index in [1.54, 1.807) is 0 Å². The molecule has 1 aliphatic rings. The molecule has 16 heavy (non-hydrogen) atoms. The van der Waals surface area contributed by atoms with Crippen LogP contribution in [0.25, 0.3) is 0 Å². The summed E-state index contributed by atoms with van der Waals surface area (Å²) in [5.74, 6) is 0. The largest absolute Gasteiger partial charge is 0.376 e. The Labute approximate surface area is 96.8 Å². The maximum Gasteiger partial charge on any atom is 0.0770 e. The first-order valence-electron chi connectivity index (χ1n) is 6.21. The molecular formula is C12H21N3O. The van der Waals surface area contributed by atoms with Crippen LogP contribution in [0.3, 0.4) is 0 Å². The maximum absolute atomic E-state index is 5.69. The van der Waals surface area contributed by atoms with E-state index in [0.717, 1.165) is 39.0 Å².